The maximum atomic E-state index is 12.0. The predicted octanol–water partition coefficient (Wildman–Crippen LogP) is 3.43. The summed E-state index contributed by atoms with van der Waals surface area (Å²) in [7, 11) is 0. The fourth-order valence-corrected chi connectivity index (χ4v) is 2.43. The van der Waals surface area contributed by atoms with Crippen LogP contribution in [0.4, 0.5) is 0 Å². The average molecular weight is 267 g/mol. The van der Waals surface area contributed by atoms with Crippen molar-refractivity contribution < 1.29 is 4.79 Å². The number of hydrogen-bond donors (Lipinski definition) is 1. The molecule has 1 fully saturated rings. The molecular weight excluding hydrogens is 248 g/mol. The van der Waals surface area contributed by atoms with E-state index in [9.17, 15) is 4.79 Å². The number of pyridine rings is 1. The van der Waals surface area contributed by atoms with Gasteiger partial charge < -0.3 is 5.32 Å². The Morgan fingerprint density at radius 2 is 2.06 bits per heavy atom. The molecule has 1 aliphatic rings. The van der Waals surface area contributed by atoms with Gasteiger partial charge in [0, 0.05) is 12.2 Å². The van der Waals surface area contributed by atoms with Gasteiger partial charge in [-0.05, 0) is 43.2 Å². The van der Waals surface area contributed by atoms with Crippen molar-refractivity contribution in [1.29, 1.82) is 0 Å². The van der Waals surface area contributed by atoms with Crippen molar-refractivity contribution in [3.05, 3.63) is 29.0 Å². The molecule has 2 rings (SSSR count). The normalized spacial score (nSPS) is 19.5. The number of aromatic nitrogens is 1. The minimum atomic E-state index is -0.0520. The highest BCUT2D eigenvalue weighted by molar-refractivity contribution is 6.29. The Morgan fingerprint density at radius 1 is 1.39 bits per heavy atom. The molecule has 0 spiro atoms. The molecule has 98 valence electrons. The van der Waals surface area contributed by atoms with Gasteiger partial charge in [-0.3, -0.25) is 4.79 Å². The summed E-state index contributed by atoms with van der Waals surface area (Å²) in [5.41, 5.74) is 0.993. The third-order valence-corrected chi connectivity index (χ3v) is 3.89. The van der Waals surface area contributed by atoms with Crippen LogP contribution in [0.25, 0.3) is 0 Å². The lowest BCUT2D eigenvalue weighted by molar-refractivity contribution is 0.0908. The van der Waals surface area contributed by atoms with Crippen LogP contribution in [0.1, 0.15) is 49.9 Å². The lowest BCUT2D eigenvalue weighted by Crippen LogP contribution is -2.39. The second kappa shape index (κ2) is 5.27. The van der Waals surface area contributed by atoms with Crippen LogP contribution in [0.15, 0.2) is 18.3 Å². The Labute approximate surface area is 113 Å². The van der Waals surface area contributed by atoms with Crippen molar-refractivity contribution in [3.63, 3.8) is 0 Å². The summed E-state index contributed by atoms with van der Waals surface area (Å²) in [5, 5.41) is 3.48. The summed E-state index contributed by atoms with van der Waals surface area (Å²) in [6.07, 6.45) is 5.96. The summed E-state index contributed by atoms with van der Waals surface area (Å²) < 4.78 is 0. The van der Waals surface area contributed by atoms with Crippen LogP contribution >= 0.6 is 11.6 Å². The first-order valence-electron chi connectivity index (χ1n) is 6.39. The van der Waals surface area contributed by atoms with Crippen molar-refractivity contribution in [2.24, 2.45) is 5.41 Å². The number of nitrogens with zero attached hydrogens (tertiary/aromatic N) is 1. The van der Waals surface area contributed by atoms with E-state index in [1.54, 1.807) is 12.1 Å². The van der Waals surface area contributed by atoms with Crippen LogP contribution < -0.4 is 5.32 Å². The van der Waals surface area contributed by atoms with Crippen molar-refractivity contribution >= 4 is 17.5 Å². The van der Waals surface area contributed by atoms with E-state index in [4.69, 9.17) is 11.6 Å². The molecule has 1 heterocycles. The monoisotopic (exact) mass is 266 g/mol. The third kappa shape index (κ3) is 3.45. The van der Waals surface area contributed by atoms with E-state index in [1.165, 1.54) is 6.20 Å². The Hall–Kier alpha value is -1.09. The van der Waals surface area contributed by atoms with Gasteiger partial charge in [0.25, 0.3) is 5.91 Å². The van der Waals surface area contributed by atoms with Gasteiger partial charge in [0.05, 0.1) is 5.56 Å². The first kappa shape index (κ1) is 13.3. The molecule has 0 bridgehead atoms. The highest BCUT2D eigenvalue weighted by atomic mass is 35.5. The number of carbonyl (C=O) groups is 1. The van der Waals surface area contributed by atoms with Gasteiger partial charge in [-0.25, -0.2) is 4.98 Å². The molecule has 3 nitrogen and oxygen atoms in total. The number of rotatable bonds is 2. The smallest absolute Gasteiger partial charge is 0.253 e. The summed E-state index contributed by atoms with van der Waals surface area (Å²) in [6.45, 7) is 4.57. The number of nitrogens with one attached hydrogen (secondary N) is 1. The zero-order valence-electron chi connectivity index (χ0n) is 10.9. The molecule has 0 unspecified atom stereocenters. The van der Waals surface area contributed by atoms with E-state index >= 15 is 0 Å². The summed E-state index contributed by atoms with van der Waals surface area (Å²) in [6, 6.07) is 3.64. The van der Waals surface area contributed by atoms with Crippen molar-refractivity contribution in [1.82, 2.24) is 10.3 Å². The first-order valence-corrected chi connectivity index (χ1v) is 6.76. The number of amides is 1. The molecule has 1 aliphatic carbocycles. The Bertz CT molecular complexity index is 418. The van der Waals surface area contributed by atoms with Gasteiger partial charge in [0.2, 0.25) is 0 Å². The highest BCUT2D eigenvalue weighted by Crippen LogP contribution is 2.35. The SMILES string of the molecule is CC1(C)CCC(NC(=O)c2ccc(Cl)nc2)CC1. The van der Waals surface area contributed by atoms with Crippen LogP contribution in [0, 0.1) is 5.41 Å². The predicted molar refractivity (Wildman–Crippen MR) is 72.8 cm³/mol. The lowest BCUT2D eigenvalue weighted by Gasteiger charge is -2.34. The zero-order valence-corrected chi connectivity index (χ0v) is 11.6. The molecule has 0 radical (unpaired) electrons. The summed E-state index contributed by atoms with van der Waals surface area (Å²) in [4.78, 5) is 15.9. The summed E-state index contributed by atoms with van der Waals surface area (Å²) >= 11 is 5.70. The standard InChI is InChI=1S/C14H19ClN2O/c1-14(2)7-5-11(6-8-14)17-13(18)10-3-4-12(15)16-9-10/h3-4,9,11H,5-8H2,1-2H3,(H,17,18). The lowest BCUT2D eigenvalue weighted by atomic mass is 9.75. The van der Waals surface area contributed by atoms with Gasteiger partial charge in [0.1, 0.15) is 5.15 Å². The quantitative estimate of drug-likeness (QED) is 0.834. The average Bonchev–Trinajstić information content (AvgIpc) is 2.33. The van der Waals surface area contributed by atoms with E-state index in [-0.39, 0.29) is 5.91 Å². The van der Waals surface area contributed by atoms with Gasteiger partial charge in [0.15, 0.2) is 0 Å². The van der Waals surface area contributed by atoms with Crippen LogP contribution in [-0.4, -0.2) is 16.9 Å². The van der Waals surface area contributed by atoms with Crippen LogP contribution in [0.2, 0.25) is 5.15 Å². The maximum Gasteiger partial charge on any atom is 0.253 e. The van der Waals surface area contributed by atoms with Gasteiger partial charge in [-0.1, -0.05) is 25.4 Å². The minimum Gasteiger partial charge on any atom is -0.349 e. The van der Waals surface area contributed by atoms with Gasteiger partial charge in [-0.15, -0.1) is 0 Å². The molecular formula is C14H19ClN2O. The van der Waals surface area contributed by atoms with Crippen LogP contribution in [0.5, 0.6) is 0 Å². The molecule has 0 atom stereocenters. The van der Waals surface area contributed by atoms with E-state index in [2.05, 4.69) is 24.1 Å². The third-order valence-electron chi connectivity index (χ3n) is 3.66. The highest BCUT2D eigenvalue weighted by Gasteiger charge is 2.27. The van der Waals surface area contributed by atoms with Crippen molar-refractivity contribution in [2.45, 2.75) is 45.6 Å². The minimum absolute atomic E-state index is 0.0520. The zero-order chi connectivity index (χ0) is 13.2. The number of halogens is 1. The molecule has 1 N–H and O–H groups in total. The number of carbonyl (C=O) groups excluding carboxylic acids is 1. The fraction of sp³-hybridized carbons (Fsp3) is 0.571. The van der Waals surface area contributed by atoms with Gasteiger partial charge >= 0.3 is 0 Å². The molecule has 1 aromatic rings. The molecule has 1 aromatic heterocycles. The molecule has 0 saturated heterocycles. The number of hydrogen-bond acceptors (Lipinski definition) is 2. The molecule has 18 heavy (non-hydrogen) atoms. The largest absolute Gasteiger partial charge is 0.349 e. The molecule has 1 saturated carbocycles. The Kier molecular flexibility index (Phi) is 3.91. The second-order valence-electron chi connectivity index (χ2n) is 5.78. The Morgan fingerprint density at radius 3 is 2.61 bits per heavy atom. The van der Waals surface area contributed by atoms with Crippen LogP contribution in [-0.2, 0) is 0 Å². The van der Waals surface area contributed by atoms with E-state index < -0.39 is 0 Å². The topological polar surface area (TPSA) is 42.0 Å². The van der Waals surface area contributed by atoms with E-state index in [0.717, 1.165) is 25.7 Å². The van der Waals surface area contributed by atoms with Crippen molar-refractivity contribution in [3.8, 4) is 0 Å². The van der Waals surface area contributed by atoms with Crippen molar-refractivity contribution in [2.75, 3.05) is 0 Å². The Balaban J connectivity index is 1.90. The second-order valence-corrected chi connectivity index (χ2v) is 6.17. The molecule has 0 aromatic carbocycles. The maximum absolute atomic E-state index is 12.0. The summed E-state index contributed by atoms with van der Waals surface area (Å²) in [5.74, 6) is -0.0520. The van der Waals surface area contributed by atoms with E-state index in [1.807, 2.05) is 0 Å². The first-order chi connectivity index (χ1) is 8.46. The molecule has 1 amide bonds. The molecule has 0 aliphatic heterocycles. The van der Waals surface area contributed by atoms with E-state index in [0.29, 0.717) is 22.2 Å². The fourth-order valence-electron chi connectivity index (χ4n) is 2.32. The van der Waals surface area contributed by atoms with Crippen LogP contribution in [0.3, 0.4) is 0 Å². The van der Waals surface area contributed by atoms with Gasteiger partial charge in [-0.2, -0.15) is 0 Å². The molecule has 4 heteroatoms.